The van der Waals surface area contributed by atoms with Crippen LogP contribution in [0.1, 0.15) is 43.8 Å². The molecule has 6 nitrogen and oxygen atoms in total. The first-order valence-corrected chi connectivity index (χ1v) is 7.90. The molecule has 1 aliphatic rings. The Morgan fingerprint density at radius 3 is 2.90 bits per heavy atom. The lowest BCUT2D eigenvalue weighted by Gasteiger charge is -2.22. The van der Waals surface area contributed by atoms with Crippen molar-refractivity contribution in [2.24, 2.45) is 5.84 Å². The second-order valence-electron chi connectivity index (χ2n) is 5.71. The average Bonchev–Trinajstić information content (AvgIpc) is 3.00. The topological polar surface area (TPSA) is 74.3 Å². The first-order chi connectivity index (χ1) is 10.3. The number of hydrazine groups is 1. The largest absolute Gasteiger partial charge is 0.382 e. The molecule has 1 aromatic heterocycles. The molecule has 0 aliphatic heterocycles. The number of nitrogens with one attached hydrogen (secondary N) is 1. The first-order valence-electron chi connectivity index (χ1n) is 7.90. The van der Waals surface area contributed by atoms with Gasteiger partial charge in [0, 0.05) is 19.7 Å². The smallest absolute Gasteiger partial charge is 0.0701 e. The van der Waals surface area contributed by atoms with Crippen LogP contribution in [0.15, 0.2) is 12.3 Å². The molecule has 1 unspecified atom stereocenters. The zero-order valence-electron chi connectivity index (χ0n) is 13.0. The maximum Gasteiger partial charge on any atom is 0.0701 e. The summed E-state index contributed by atoms with van der Waals surface area (Å²) in [6, 6.07) is 2.75. The Balaban J connectivity index is 1.79. The van der Waals surface area contributed by atoms with E-state index < -0.39 is 0 Å². The molecule has 0 aromatic carbocycles. The van der Waals surface area contributed by atoms with E-state index in [1.165, 1.54) is 32.1 Å². The summed E-state index contributed by atoms with van der Waals surface area (Å²) in [7, 11) is 1.67. The SMILES string of the molecule is COCCOCC(Cc1ccn(C2CCCCC2)n1)NN. The van der Waals surface area contributed by atoms with E-state index in [0.717, 1.165) is 12.1 Å². The highest BCUT2D eigenvalue weighted by molar-refractivity contribution is 5.02. The van der Waals surface area contributed by atoms with Gasteiger partial charge in [-0.3, -0.25) is 16.0 Å². The fourth-order valence-corrected chi connectivity index (χ4v) is 2.82. The number of ether oxygens (including phenoxy) is 2. The molecule has 1 aromatic rings. The number of aromatic nitrogens is 2. The maximum absolute atomic E-state index is 5.59. The van der Waals surface area contributed by atoms with Gasteiger partial charge in [-0.2, -0.15) is 5.10 Å². The van der Waals surface area contributed by atoms with E-state index in [1.807, 2.05) is 0 Å². The van der Waals surface area contributed by atoms with Crippen LogP contribution in [0.5, 0.6) is 0 Å². The van der Waals surface area contributed by atoms with Crippen molar-refractivity contribution >= 4 is 0 Å². The highest BCUT2D eigenvalue weighted by Gasteiger charge is 2.17. The van der Waals surface area contributed by atoms with Gasteiger partial charge < -0.3 is 9.47 Å². The van der Waals surface area contributed by atoms with Gasteiger partial charge in [-0.25, -0.2) is 0 Å². The van der Waals surface area contributed by atoms with E-state index >= 15 is 0 Å². The van der Waals surface area contributed by atoms with Crippen molar-refractivity contribution in [3.63, 3.8) is 0 Å². The summed E-state index contributed by atoms with van der Waals surface area (Å²) in [6.45, 7) is 1.76. The van der Waals surface area contributed by atoms with Crippen LogP contribution in [-0.4, -0.2) is 42.8 Å². The summed E-state index contributed by atoms with van der Waals surface area (Å²) in [5.41, 5.74) is 3.87. The number of hydrogen-bond acceptors (Lipinski definition) is 5. The Morgan fingerprint density at radius 1 is 1.38 bits per heavy atom. The zero-order valence-corrected chi connectivity index (χ0v) is 13.0. The molecule has 0 spiro atoms. The minimum absolute atomic E-state index is 0.0801. The molecule has 1 saturated carbocycles. The fourth-order valence-electron chi connectivity index (χ4n) is 2.82. The van der Waals surface area contributed by atoms with Gasteiger partial charge in [-0.1, -0.05) is 19.3 Å². The molecule has 1 atom stereocenters. The standard InChI is InChI=1S/C15H28N4O2/c1-20-9-10-21-12-14(17-16)11-13-7-8-19(18-13)15-5-3-2-4-6-15/h7-8,14-15,17H,2-6,9-12,16H2,1H3. The lowest BCUT2D eigenvalue weighted by Crippen LogP contribution is -2.40. The Bertz CT molecular complexity index is 391. The van der Waals surface area contributed by atoms with Crippen molar-refractivity contribution in [2.45, 2.75) is 50.6 Å². The van der Waals surface area contributed by atoms with Crippen LogP contribution >= 0.6 is 0 Å². The van der Waals surface area contributed by atoms with Gasteiger partial charge >= 0.3 is 0 Å². The van der Waals surface area contributed by atoms with Gasteiger partial charge in [0.25, 0.3) is 0 Å². The first kappa shape index (κ1) is 16.4. The van der Waals surface area contributed by atoms with Gasteiger partial charge in [0.05, 0.1) is 37.6 Å². The molecule has 1 fully saturated rings. The minimum atomic E-state index is 0.0801. The summed E-state index contributed by atoms with van der Waals surface area (Å²) in [4.78, 5) is 0. The fraction of sp³-hybridized carbons (Fsp3) is 0.800. The van der Waals surface area contributed by atoms with Gasteiger partial charge in [0.15, 0.2) is 0 Å². The third-order valence-corrected chi connectivity index (χ3v) is 4.05. The molecule has 0 radical (unpaired) electrons. The Hall–Kier alpha value is -0.950. The molecule has 1 aliphatic carbocycles. The second kappa shape index (κ2) is 9.15. The average molecular weight is 296 g/mol. The molecule has 0 saturated heterocycles. The molecule has 0 amide bonds. The van der Waals surface area contributed by atoms with Crippen molar-refractivity contribution in [1.82, 2.24) is 15.2 Å². The van der Waals surface area contributed by atoms with Crippen LogP contribution in [0.25, 0.3) is 0 Å². The predicted molar refractivity (Wildman–Crippen MR) is 81.9 cm³/mol. The number of nitrogens with zero attached hydrogens (tertiary/aromatic N) is 2. The van der Waals surface area contributed by atoms with Crippen LogP contribution in [0, 0.1) is 0 Å². The summed E-state index contributed by atoms with van der Waals surface area (Å²) in [5, 5.41) is 4.71. The molecular weight excluding hydrogens is 268 g/mol. The molecule has 0 bridgehead atoms. The molecule has 3 N–H and O–H groups in total. The van der Waals surface area contributed by atoms with E-state index in [1.54, 1.807) is 7.11 Å². The maximum atomic E-state index is 5.59. The Labute approximate surface area is 126 Å². The van der Waals surface area contributed by atoms with E-state index in [9.17, 15) is 0 Å². The van der Waals surface area contributed by atoms with Crippen molar-refractivity contribution in [3.05, 3.63) is 18.0 Å². The Kier molecular flexibility index (Phi) is 7.15. The Morgan fingerprint density at radius 2 is 2.19 bits per heavy atom. The van der Waals surface area contributed by atoms with Crippen LogP contribution in [0.4, 0.5) is 0 Å². The lowest BCUT2D eigenvalue weighted by atomic mass is 9.96. The van der Waals surface area contributed by atoms with Crippen molar-refractivity contribution in [1.29, 1.82) is 0 Å². The highest BCUT2D eigenvalue weighted by Crippen LogP contribution is 2.27. The molecule has 2 rings (SSSR count). The van der Waals surface area contributed by atoms with Gasteiger partial charge in [0.2, 0.25) is 0 Å². The number of rotatable bonds is 9. The minimum Gasteiger partial charge on any atom is -0.382 e. The molecule has 21 heavy (non-hydrogen) atoms. The second-order valence-corrected chi connectivity index (χ2v) is 5.71. The molecule has 120 valence electrons. The number of nitrogens with two attached hydrogens (primary N) is 1. The lowest BCUT2D eigenvalue weighted by molar-refractivity contribution is 0.0586. The third kappa shape index (κ3) is 5.39. The molecular formula is C15H28N4O2. The zero-order chi connectivity index (χ0) is 14.9. The van der Waals surface area contributed by atoms with E-state index in [0.29, 0.717) is 25.9 Å². The molecule has 1 heterocycles. The third-order valence-electron chi connectivity index (χ3n) is 4.05. The van der Waals surface area contributed by atoms with Crippen LogP contribution in [-0.2, 0) is 15.9 Å². The summed E-state index contributed by atoms with van der Waals surface area (Å²) >= 11 is 0. The highest BCUT2D eigenvalue weighted by atomic mass is 16.5. The summed E-state index contributed by atoms with van der Waals surface area (Å²) in [6.07, 6.45) is 9.39. The van der Waals surface area contributed by atoms with Gasteiger partial charge in [-0.15, -0.1) is 0 Å². The van der Waals surface area contributed by atoms with Crippen LogP contribution in [0.3, 0.4) is 0 Å². The summed E-state index contributed by atoms with van der Waals surface area (Å²) < 4.78 is 12.6. The monoisotopic (exact) mass is 296 g/mol. The van der Waals surface area contributed by atoms with Gasteiger partial charge in [-0.05, 0) is 18.9 Å². The quantitative estimate of drug-likeness (QED) is 0.409. The van der Waals surface area contributed by atoms with E-state index in [-0.39, 0.29) is 6.04 Å². The number of hydrogen-bond donors (Lipinski definition) is 2. The molecule has 6 heteroatoms. The summed E-state index contributed by atoms with van der Waals surface area (Å²) in [5.74, 6) is 5.59. The van der Waals surface area contributed by atoms with E-state index in [2.05, 4.69) is 22.4 Å². The van der Waals surface area contributed by atoms with Gasteiger partial charge in [0.1, 0.15) is 0 Å². The predicted octanol–water partition coefficient (Wildman–Crippen LogP) is 1.43. The van der Waals surface area contributed by atoms with E-state index in [4.69, 9.17) is 20.4 Å². The van der Waals surface area contributed by atoms with Crippen molar-refractivity contribution < 1.29 is 9.47 Å². The van der Waals surface area contributed by atoms with Crippen LogP contribution in [0.2, 0.25) is 0 Å². The van der Waals surface area contributed by atoms with Crippen molar-refractivity contribution in [2.75, 3.05) is 26.9 Å². The normalized spacial score (nSPS) is 18.0. The van der Waals surface area contributed by atoms with Crippen LogP contribution < -0.4 is 11.3 Å². The van der Waals surface area contributed by atoms with Crippen molar-refractivity contribution in [3.8, 4) is 0 Å². The number of methoxy groups -OCH3 is 1.